The lowest BCUT2D eigenvalue weighted by molar-refractivity contribution is 1.13. The van der Waals surface area contributed by atoms with Crippen molar-refractivity contribution in [1.29, 1.82) is 0 Å². The van der Waals surface area contributed by atoms with E-state index >= 15 is 0 Å². The maximum absolute atomic E-state index is 4.49. The Morgan fingerprint density at radius 3 is 1.60 bits per heavy atom. The Bertz CT molecular complexity index is 513. The number of benzene rings is 2. The molecule has 0 aromatic heterocycles. The number of hydrogen-bond donors (Lipinski definition) is 0. The molecule has 2 aromatic rings. The van der Waals surface area contributed by atoms with Gasteiger partial charge in [0.05, 0.1) is 5.69 Å². The minimum absolute atomic E-state index is 0.965. The molecular formula is C17H21N3. The third kappa shape index (κ3) is 3.60. The van der Waals surface area contributed by atoms with E-state index in [-0.39, 0.29) is 0 Å². The zero-order chi connectivity index (χ0) is 14.5. The van der Waals surface area contributed by atoms with Crippen molar-refractivity contribution in [2.75, 3.05) is 38.0 Å². The predicted molar refractivity (Wildman–Crippen MR) is 88.8 cm³/mol. The molecule has 0 saturated heterocycles. The van der Waals surface area contributed by atoms with Crippen molar-refractivity contribution in [3.05, 3.63) is 54.1 Å². The Labute approximate surface area is 121 Å². The molecular weight excluding hydrogens is 246 g/mol. The standard InChI is InChI=1S/C17H21N3/c1-19(2)16-9-5-14(6-10-16)13-18-15-7-11-17(12-8-15)20(3)4/h5-13H,1-4H3. The monoisotopic (exact) mass is 267 g/mol. The number of anilines is 2. The normalized spacial score (nSPS) is 10.8. The summed E-state index contributed by atoms with van der Waals surface area (Å²) < 4.78 is 0. The van der Waals surface area contributed by atoms with Crippen LogP contribution in [0.5, 0.6) is 0 Å². The van der Waals surface area contributed by atoms with Gasteiger partial charge in [0.1, 0.15) is 0 Å². The van der Waals surface area contributed by atoms with Crippen LogP contribution in [0.2, 0.25) is 0 Å². The number of nitrogens with zero attached hydrogens (tertiary/aromatic N) is 3. The summed E-state index contributed by atoms with van der Waals surface area (Å²) in [6.45, 7) is 0. The van der Waals surface area contributed by atoms with Crippen molar-refractivity contribution in [1.82, 2.24) is 0 Å². The summed E-state index contributed by atoms with van der Waals surface area (Å²) in [6.07, 6.45) is 1.89. The summed E-state index contributed by atoms with van der Waals surface area (Å²) in [5, 5.41) is 0. The van der Waals surface area contributed by atoms with Crippen molar-refractivity contribution in [3.8, 4) is 0 Å². The van der Waals surface area contributed by atoms with Crippen LogP contribution in [0.25, 0.3) is 0 Å². The Kier molecular flexibility index (Phi) is 4.41. The van der Waals surface area contributed by atoms with Crippen LogP contribution in [-0.4, -0.2) is 34.4 Å². The van der Waals surface area contributed by atoms with E-state index in [9.17, 15) is 0 Å². The van der Waals surface area contributed by atoms with E-state index < -0.39 is 0 Å². The first-order valence-electron chi connectivity index (χ1n) is 6.65. The SMILES string of the molecule is CN(C)c1ccc(C=Nc2ccc(N(C)C)cc2)cc1. The zero-order valence-electron chi connectivity index (χ0n) is 12.5. The van der Waals surface area contributed by atoms with Gasteiger partial charge in [-0.05, 0) is 42.0 Å². The maximum Gasteiger partial charge on any atom is 0.0631 e. The van der Waals surface area contributed by atoms with Gasteiger partial charge in [-0.3, -0.25) is 4.99 Å². The van der Waals surface area contributed by atoms with Crippen LogP contribution in [-0.2, 0) is 0 Å². The van der Waals surface area contributed by atoms with E-state index in [1.807, 2.05) is 46.5 Å². The third-order valence-corrected chi connectivity index (χ3v) is 3.14. The second kappa shape index (κ2) is 6.24. The van der Waals surface area contributed by atoms with Crippen molar-refractivity contribution in [2.24, 2.45) is 4.99 Å². The average molecular weight is 267 g/mol. The molecule has 0 fully saturated rings. The van der Waals surface area contributed by atoms with E-state index in [1.165, 1.54) is 11.4 Å². The molecule has 0 N–H and O–H groups in total. The quantitative estimate of drug-likeness (QED) is 0.789. The molecule has 0 aliphatic rings. The zero-order valence-corrected chi connectivity index (χ0v) is 12.5. The van der Waals surface area contributed by atoms with Crippen molar-refractivity contribution in [2.45, 2.75) is 0 Å². The van der Waals surface area contributed by atoms with Crippen LogP contribution >= 0.6 is 0 Å². The van der Waals surface area contributed by atoms with Gasteiger partial charge >= 0.3 is 0 Å². The third-order valence-electron chi connectivity index (χ3n) is 3.14. The molecule has 104 valence electrons. The molecule has 20 heavy (non-hydrogen) atoms. The summed E-state index contributed by atoms with van der Waals surface area (Å²) in [7, 11) is 8.14. The summed E-state index contributed by atoms with van der Waals surface area (Å²) in [6, 6.07) is 16.5. The first-order chi connectivity index (χ1) is 9.56. The molecule has 0 atom stereocenters. The molecule has 2 rings (SSSR count). The summed E-state index contributed by atoms with van der Waals surface area (Å²) in [5.74, 6) is 0. The van der Waals surface area contributed by atoms with Crippen LogP contribution < -0.4 is 9.80 Å². The molecule has 0 saturated carbocycles. The smallest absolute Gasteiger partial charge is 0.0631 e. The van der Waals surface area contributed by atoms with Crippen LogP contribution in [0.1, 0.15) is 5.56 Å². The maximum atomic E-state index is 4.49. The number of aliphatic imine (C=N–C) groups is 1. The largest absolute Gasteiger partial charge is 0.378 e. The molecule has 0 aliphatic heterocycles. The molecule has 0 aliphatic carbocycles. The minimum atomic E-state index is 0.965. The lowest BCUT2D eigenvalue weighted by atomic mass is 10.2. The van der Waals surface area contributed by atoms with E-state index in [0.717, 1.165) is 11.3 Å². The van der Waals surface area contributed by atoms with Gasteiger partial charge in [-0.15, -0.1) is 0 Å². The van der Waals surface area contributed by atoms with Crippen molar-refractivity contribution in [3.63, 3.8) is 0 Å². The molecule has 2 aromatic carbocycles. The summed E-state index contributed by atoms with van der Waals surface area (Å²) in [4.78, 5) is 8.66. The lowest BCUT2D eigenvalue weighted by Gasteiger charge is -2.12. The van der Waals surface area contributed by atoms with Gasteiger partial charge in [-0.25, -0.2) is 0 Å². The van der Waals surface area contributed by atoms with Gasteiger partial charge in [-0.1, -0.05) is 12.1 Å². The van der Waals surface area contributed by atoms with E-state index in [2.05, 4.69) is 51.2 Å². The average Bonchev–Trinajstić information content (AvgIpc) is 2.46. The fraction of sp³-hybridized carbons (Fsp3) is 0.235. The van der Waals surface area contributed by atoms with Gasteiger partial charge in [0.15, 0.2) is 0 Å². The number of rotatable bonds is 4. The van der Waals surface area contributed by atoms with Crippen LogP contribution in [0.15, 0.2) is 53.5 Å². The Balaban J connectivity index is 2.08. The van der Waals surface area contributed by atoms with E-state index in [1.54, 1.807) is 0 Å². The van der Waals surface area contributed by atoms with E-state index in [4.69, 9.17) is 0 Å². The van der Waals surface area contributed by atoms with Crippen LogP contribution in [0.3, 0.4) is 0 Å². The predicted octanol–water partition coefficient (Wildman–Crippen LogP) is 3.57. The lowest BCUT2D eigenvalue weighted by Crippen LogP contribution is -2.08. The fourth-order valence-corrected chi connectivity index (χ4v) is 1.84. The van der Waals surface area contributed by atoms with Gasteiger partial charge in [0.25, 0.3) is 0 Å². The Morgan fingerprint density at radius 2 is 1.15 bits per heavy atom. The van der Waals surface area contributed by atoms with E-state index in [0.29, 0.717) is 0 Å². The van der Waals surface area contributed by atoms with Crippen molar-refractivity contribution >= 4 is 23.3 Å². The second-order valence-electron chi connectivity index (χ2n) is 5.15. The highest BCUT2D eigenvalue weighted by molar-refractivity contribution is 5.82. The van der Waals surface area contributed by atoms with Gasteiger partial charge in [0.2, 0.25) is 0 Å². The first-order valence-corrected chi connectivity index (χ1v) is 6.65. The first kappa shape index (κ1) is 14.1. The second-order valence-corrected chi connectivity index (χ2v) is 5.15. The van der Waals surface area contributed by atoms with Gasteiger partial charge in [-0.2, -0.15) is 0 Å². The highest BCUT2D eigenvalue weighted by Gasteiger charge is 1.96. The van der Waals surface area contributed by atoms with Gasteiger partial charge in [0, 0.05) is 45.8 Å². The topological polar surface area (TPSA) is 18.8 Å². The van der Waals surface area contributed by atoms with Crippen LogP contribution in [0.4, 0.5) is 17.1 Å². The molecule has 0 radical (unpaired) electrons. The number of hydrogen-bond acceptors (Lipinski definition) is 3. The molecule has 0 unspecified atom stereocenters. The fourth-order valence-electron chi connectivity index (χ4n) is 1.84. The molecule has 3 heteroatoms. The summed E-state index contributed by atoms with van der Waals surface area (Å²) in [5.41, 5.74) is 4.44. The van der Waals surface area contributed by atoms with Crippen molar-refractivity contribution < 1.29 is 0 Å². The highest BCUT2D eigenvalue weighted by atomic mass is 15.1. The minimum Gasteiger partial charge on any atom is -0.378 e. The summed E-state index contributed by atoms with van der Waals surface area (Å²) >= 11 is 0. The molecule has 0 spiro atoms. The van der Waals surface area contributed by atoms with Crippen LogP contribution in [0, 0.1) is 0 Å². The Hall–Kier alpha value is -2.29. The molecule has 0 heterocycles. The Morgan fingerprint density at radius 1 is 0.700 bits per heavy atom. The highest BCUT2D eigenvalue weighted by Crippen LogP contribution is 2.18. The molecule has 0 bridgehead atoms. The molecule has 3 nitrogen and oxygen atoms in total. The molecule has 0 amide bonds. The van der Waals surface area contributed by atoms with Gasteiger partial charge < -0.3 is 9.80 Å².